The SMILES string of the molecule is O=C(Nc1ccccc1C(=O)Nc1ccc(Cl)cn1)c1ccc(C2(CO)CC2)cc1. The summed E-state index contributed by atoms with van der Waals surface area (Å²) in [5.41, 5.74) is 2.08. The van der Waals surface area contributed by atoms with E-state index in [0.717, 1.165) is 18.4 Å². The van der Waals surface area contributed by atoms with Crippen molar-refractivity contribution in [1.29, 1.82) is 0 Å². The summed E-state index contributed by atoms with van der Waals surface area (Å²) >= 11 is 5.82. The zero-order valence-corrected chi connectivity index (χ0v) is 16.8. The highest BCUT2D eigenvalue weighted by atomic mass is 35.5. The Morgan fingerprint density at radius 3 is 2.33 bits per heavy atom. The van der Waals surface area contributed by atoms with Gasteiger partial charge in [0.15, 0.2) is 0 Å². The molecule has 2 amide bonds. The summed E-state index contributed by atoms with van der Waals surface area (Å²) in [6.07, 6.45) is 3.36. The minimum absolute atomic E-state index is 0.115. The molecule has 3 aromatic rings. The van der Waals surface area contributed by atoms with Crippen molar-refractivity contribution in [1.82, 2.24) is 4.98 Å². The van der Waals surface area contributed by atoms with E-state index >= 15 is 0 Å². The van der Waals surface area contributed by atoms with Crippen LogP contribution in [0.15, 0.2) is 66.9 Å². The molecule has 1 aromatic heterocycles. The molecule has 0 spiro atoms. The second-order valence-electron chi connectivity index (χ2n) is 7.33. The summed E-state index contributed by atoms with van der Waals surface area (Å²) in [7, 11) is 0. The largest absolute Gasteiger partial charge is 0.395 e. The van der Waals surface area contributed by atoms with Crippen molar-refractivity contribution in [2.75, 3.05) is 17.2 Å². The molecule has 1 saturated carbocycles. The van der Waals surface area contributed by atoms with E-state index in [1.807, 2.05) is 12.1 Å². The van der Waals surface area contributed by atoms with Crippen LogP contribution in [0.25, 0.3) is 0 Å². The summed E-state index contributed by atoms with van der Waals surface area (Å²) < 4.78 is 0. The van der Waals surface area contributed by atoms with Crippen LogP contribution in [0.2, 0.25) is 5.02 Å². The van der Waals surface area contributed by atoms with Crippen molar-refractivity contribution >= 4 is 34.9 Å². The van der Waals surface area contributed by atoms with Gasteiger partial charge in [0.1, 0.15) is 5.82 Å². The first-order chi connectivity index (χ1) is 14.5. The number of para-hydroxylation sites is 1. The number of nitrogens with one attached hydrogen (secondary N) is 2. The molecular formula is C23H20ClN3O3. The molecule has 1 heterocycles. The molecule has 0 atom stereocenters. The Morgan fingerprint density at radius 1 is 0.967 bits per heavy atom. The molecule has 152 valence electrons. The monoisotopic (exact) mass is 421 g/mol. The maximum atomic E-state index is 12.7. The maximum absolute atomic E-state index is 12.7. The fraction of sp³-hybridized carbons (Fsp3) is 0.174. The predicted molar refractivity (Wildman–Crippen MR) is 116 cm³/mol. The summed E-state index contributed by atoms with van der Waals surface area (Å²) in [6.45, 7) is 0.115. The molecule has 30 heavy (non-hydrogen) atoms. The summed E-state index contributed by atoms with van der Waals surface area (Å²) in [6, 6.07) is 17.2. The van der Waals surface area contributed by atoms with Gasteiger partial charge in [0.25, 0.3) is 11.8 Å². The summed E-state index contributed by atoms with van der Waals surface area (Å²) in [5, 5.41) is 15.5. The number of amides is 2. The van der Waals surface area contributed by atoms with Crippen molar-refractivity contribution in [3.63, 3.8) is 0 Å². The predicted octanol–water partition coefficient (Wildman–Crippen LogP) is 4.26. The molecule has 0 radical (unpaired) electrons. The number of carbonyl (C=O) groups excluding carboxylic acids is 2. The standard InChI is InChI=1S/C23H20ClN3O3/c24-17-9-10-20(25-13-17)27-22(30)18-3-1-2-4-19(18)26-21(29)15-5-7-16(8-6-15)23(14-28)11-12-23/h1-10,13,28H,11-12,14H2,(H,26,29)(H,25,27,30). The fourth-order valence-electron chi connectivity index (χ4n) is 3.28. The third-order valence-corrected chi connectivity index (χ3v) is 5.53. The Labute approximate surface area is 178 Å². The van der Waals surface area contributed by atoms with Crippen molar-refractivity contribution in [2.24, 2.45) is 0 Å². The lowest BCUT2D eigenvalue weighted by Gasteiger charge is -2.14. The average Bonchev–Trinajstić information content (AvgIpc) is 3.57. The Morgan fingerprint density at radius 2 is 1.70 bits per heavy atom. The van der Waals surface area contributed by atoms with Gasteiger partial charge in [-0.3, -0.25) is 9.59 Å². The molecular weight excluding hydrogens is 402 g/mol. The van der Waals surface area contributed by atoms with Gasteiger partial charge in [0.2, 0.25) is 0 Å². The number of halogens is 1. The van der Waals surface area contributed by atoms with E-state index in [4.69, 9.17) is 11.6 Å². The number of benzene rings is 2. The molecule has 1 fully saturated rings. The average molecular weight is 422 g/mol. The zero-order chi connectivity index (χ0) is 21.1. The Kier molecular flexibility index (Phi) is 5.53. The van der Waals surface area contributed by atoms with Crippen LogP contribution in [-0.2, 0) is 5.41 Å². The van der Waals surface area contributed by atoms with Gasteiger partial charge in [-0.05, 0) is 54.8 Å². The van der Waals surface area contributed by atoms with E-state index in [1.54, 1.807) is 48.5 Å². The van der Waals surface area contributed by atoms with Crippen LogP contribution < -0.4 is 10.6 Å². The number of nitrogens with zero attached hydrogens (tertiary/aromatic N) is 1. The topological polar surface area (TPSA) is 91.3 Å². The van der Waals surface area contributed by atoms with Crippen LogP contribution >= 0.6 is 11.6 Å². The number of rotatable bonds is 6. The lowest BCUT2D eigenvalue weighted by molar-refractivity contribution is 0.102. The van der Waals surface area contributed by atoms with Gasteiger partial charge in [-0.2, -0.15) is 0 Å². The first kappa shape index (κ1) is 20.1. The van der Waals surface area contributed by atoms with Crippen LogP contribution in [0.1, 0.15) is 39.1 Å². The lowest BCUT2D eigenvalue weighted by atomic mass is 9.96. The fourth-order valence-corrected chi connectivity index (χ4v) is 3.39. The number of anilines is 2. The van der Waals surface area contributed by atoms with Crippen molar-refractivity contribution in [2.45, 2.75) is 18.3 Å². The van der Waals surface area contributed by atoms with Gasteiger partial charge < -0.3 is 15.7 Å². The van der Waals surface area contributed by atoms with Crippen molar-refractivity contribution < 1.29 is 14.7 Å². The highest BCUT2D eigenvalue weighted by molar-refractivity contribution is 6.30. The highest BCUT2D eigenvalue weighted by Gasteiger charge is 2.43. The summed E-state index contributed by atoms with van der Waals surface area (Å²) in [5.74, 6) is -0.353. The molecule has 1 aliphatic rings. The minimum atomic E-state index is -0.394. The van der Waals surface area contributed by atoms with Gasteiger partial charge in [0, 0.05) is 17.2 Å². The van der Waals surface area contributed by atoms with Crippen LogP contribution in [0, 0.1) is 0 Å². The van der Waals surface area contributed by atoms with E-state index < -0.39 is 5.91 Å². The number of hydrogen-bond acceptors (Lipinski definition) is 4. The number of hydrogen-bond donors (Lipinski definition) is 3. The number of pyridine rings is 1. The first-order valence-corrected chi connectivity index (χ1v) is 9.93. The van der Waals surface area contributed by atoms with E-state index in [2.05, 4.69) is 15.6 Å². The molecule has 1 aliphatic carbocycles. The molecule has 6 nitrogen and oxygen atoms in total. The molecule has 7 heteroatoms. The van der Waals surface area contributed by atoms with Gasteiger partial charge in [-0.25, -0.2) is 4.98 Å². The molecule has 2 aromatic carbocycles. The van der Waals surface area contributed by atoms with Crippen LogP contribution in [-0.4, -0.2) is 28.5 Å². The first-order valence-electron chi connectivity index (χ1n) is 9.55. The molecule has 0 saturated heterocycles. The Hall–Kier alpha value is -3.22. The van der Waals surface area contributed by atoms with Crippen molar-refractivity contribution in [3.05, 3.63) is 88.6 Å². The third-order valence-electron chi connectivity index (χ3n) is 5.30. The number of aromatic nitrogens is 1. The molecule has 3 N–H and O–H groups in total. The second kappa shape index (κ2) is 8.26. The number of aliphatic hydroxyl groups excluding tert-OH is 1. The van der Waals surface area contributed by atoms with Crippen molar-refractivity contribution in [3.8, 4) is 0 Å². The summed E-state index contributed by atoms with van der Waals surface area (Å²) in [4.78, 5) is 29.4. The smallest absolute Gasteiger partial charge is 0.258 e. The Bertz CT molecular complexity index is 1080. The minimum Gasteiger partial charge on any atom is -0.395 e. The molecule has 0 aliphatic heterocycles. The second-order valence-corrected chi connectivity index (χ2v) is 7.77. The molecule has 4 rings (SSSR count). The molecule has 0 bridgehead atoms. The number of aliphatic hydroxyl groups is 1. The van der Waals surface area contributed by atoms with Gasteiger partial charge in [0.05, 0.1) is 22.9 Å². The normalized spacial score (nSPS) is 14.1. The van der Waals surface area contributed by atoms with E-state index in [1.165, 1.54) is 6.20 Å². The highest BCUT2D eigenvalue weighted by Crippen LogP contribution is 2.47. The molecule has 0 unspecified atom stereocenters. The van der Waals surface area contributed by atoms with Crippen LogP contribution in [0.5, 0.6) is 0 Å². The lowest BCUT2D eigenvalue weighted by Crippen LogP contribution is -2.19. The van der Waals surface area contributed by atoms with E-state index in [0.29, 0.717) is 27.7 Å². The van der Waals surface area contributed by atoms with Gasteiger partial charge in [-0.15, -0.1) is 0 Å². The van der Waals surface area contributed by atoms with Crippen LogP contribution in [0.4, 0.5) is 11.5 Å². The van der Waals surface area contributed by atoms with E-state index in [-0.39, 0.29) is 17.9 Å². The van der Waals surface area contributed by atoms with Gasteiger partial charge in [-0.1, -0.05) is 35.9 Å². The third kappa shape index (κ3) is 4.20. The quantitative estimate of drug-likeness (QED) is 0.554. The Balaban J connectivity index is 1.49. The number of carbonyl (C=O) groups is 2. The maximum Gasteiger partial charge on any atom is 0.258 e. The van der Waals surface area contributed by atoms with E-state index in [9.17, 15) is 14.7 Å². The van der Waals surface area contributed by atoms with Gasteiger partial charge >= 0.3 is 0 Å². The van der Waals surface area contributed by atoms with Crippen LogP contribution in [0.3, 0.4) is 0 Å². The zero-order valence-electron chi connectivity index (χ0n) is 16.1.